The number of aryl methyl sites for hydroxylation is 1. The van der Waals surface area contributed by atoms with Gasteiger partial charge in [-0.25, -0.2) is 9.78 Å². The molecule has 1 aromatic carbocycles. The van der Waals surface area contributed by atoms with Crippen molar-refractivity contribution in [2.24, 2.45) is 12.0 Å². The maximum atomic E-state index is 10.6. The van der Waals surface area contributed by atoms with E-state index in [1.54, 1.807) is 12.3 Å². The molecule has 0 unspecified atom stereocenters. The summed E-state index contributed by atoms with van der Waals surface area (Å²) in [6.45, 7) is 0. The molecular formula is C15H15N3O. The lowest BCUT2D eigenvalue weighted by atomic mass is 9.72. The maximum absolute atomic E-state index is 10.6. The van der Waals surface area contributed by atoms with Gasteiger partial charge in [0.2, 0.25) is 6.08 Å². The van der Waals surface area contributed by atoms with E-state index in [1.807, 2.05) is 42.1 Å². The number of isocyanates is 1. The van der Waals surface area contributed by atoms with Crippen LogP contribution in [0.5, 0.6) is 0 Å². The first-order chi connectivity index (χ1) is 9.25. The molecule has 4 heteroatoms. The summed E-state index contributed by atoms with van der Waals surface area (Å²) in [4.78, 5) is 18.9. The highest BCUT2D eigenvalue weighted by Gasteiger charge is 2.38. The molecule has 3 rings (SSSR count). The van der Waals surface area contributed by atoms with Crippen LogP contribution in [-0.4, -0.2) is 15.6 Å². The molecule has 1 fully saturated rings. The highest BCUT2D eigenvalue weighted by atomic mass is 16.1. The minimum Gasteiger partial charge on any atom is -0.334 e. The van der Waals surface area contributed by atoms with Gasteiger partial charge in [0.15, 0.2) is 0 Å². The molecule has 0 amide bonds. The number of benzene rings is 1. The number of nitrogens with zero attached hydrogens (tertiary/aromatic N) is 3. The normalized spacial score (nSPS) is 16.5. The van der Waals surface area contributed by atoms with E-state index < -0.39 is 0 Å². The number of carbonyl (C=O) groups excluding carboxylic acids is 1. The fourth-order valence-corrected chi connectivity index (χ4v) is 2.64. The smallest absolute Gasteiger partial charge is 0.235 e. The highest BCUT2D eigenvalue weighted by Crippen LogP contribution is 2.44. The topological polar surface area (TPSA) is 47.2 Å². The first-order valence-corrected chi connectivity index (χ1v) is 6.42. The Morgan fingerprint density at radius 3 is 2.53 bits per heavy atom. The second kappa shape index (κ2) is 4.48. The molecule has 0 bridgehead atoms. The lowest BCUT2D eigenvalue weighted by molar-refractivity contribution is 0.256. The van der Waals surface area contributed by atoms with E-state index in [1.165, 1.54) is 0 Å². The largest absolute Gasteiger partial charge is 0.334 e. The number of hydrogen-bond donors (Lipinski definition) is 0. The average Bonchev–Trinajstić information content (AvgIpc) is 2.80. The SMILES string of the molecule is Cn1ccnc1-c1ccc(C2(N=C=O)CCC2)cc1. The highest BCUT2D eigenvalue weighted by molar-refractivity contribution is 5.56. The van der Waals surface area contributed by atoms with E-state index in [0.717, 1.165) is 36.2 Å². The minimum absolute atomic E-state index is 0.318. The molecule has 0 radical (unpaired) electrons. The third-order valence-corrected chi connectivity index (χ3v) is 3.94. The van der Waals surface area contributed by atoms with Crippen LogP contribution in [0.2, 0.25) is 0 Å². The quantitative estimate of drug-likeness (QED) is 0.623. The van der Waals surface area contributed by atoms with Crippen molar-refractivity contribution in [3.05, 3.63) is 42.2 Å². The number of aromatic nitrogens is 2. The van der Waals surface area contributed by atoms with Crippen molar-refractivity contribution in [1.29, 1.82) is 0 Å². The van der Waals surface area contributed by atoms with Gasteiger partial charge < -0.3 is 4.57 Å². The average molecular weight is 253 g/mol. The van der Waals surface area contributed by atoms with Gasteiger partial charge in [-0.3, -0.25) is 0 Å². The van der Waals surface area contributed by atoms with Crippen LogP contribution in [-0.2, 0) is 17.4 Å². The van der Waals surface area contributed by atoms with Gasteiger partial charge in [-0.1, -0.05) is 24.3 Å². The van der Waals surface area contributed by atoms with Crippen LogP contribution in [0.3, 0.4) is 0 Å². The number of imidazole rings is 1. The standard InChI is InChI=1S/C15H15N3O/c1-18-10-9-16-14(18)12-3-5-13(6-4-12)15(17-11-19)7-2-8-15/h3-6,9-10H,2,7-8H2,1H3. The molecule has 96 valence electrons. The van der Waals surface area contributed by atoms with Gasteiger partial charge >= 0.3 is 0 Å². The molecule has 19 heavy (non-hydrogen) atoms. The first-order valence-electron chi connectivity index (χ1n) is 6.42. The monoisotopic (exact) mass is 253 g/mol. The van der Waals surface area contributed by atoms with Crippen molar-refractivity contribution in [2.45, 2.75) is 24.8 Å². The predicted molar refractivity (Wildman–Crippen MR) is 72.3 cm³/mol. The Bertz CT molecular complexity index is 632. The van der Waals surface area contributed by atoms with Gasteiger partial charge in [0.25, 0.3) is 0 Å². The number of hydrogen-bond acceptors (Lipinski definition) is 3. The van der Waals surface area contributed by atoms with Gasteiger partial charge in [-0.2, -0.15) is 4.99 Å². The maximum Gasteiger partial charge on any atom is 0.235 e. The first kappa shape index (κ1) is 11.9. The van der Waals surface area contributed by atoms with Crippen molar-refractivity contribution < 1.29 is 4.79 Å². The summed E-state index contributed by atoms with van der Waals surface area (Å²) in [5.41, 5.74) is 1.85. The van der Waals surface area contributed by atoms with Gasteiger partial charge in [-0.15, -0.1) is 0 Å². The predicted octanol–water partition coefficient (Wildman–Crippen LogP) is 2.80. The Labute approximate surface area is 111 Å². The zero-order chi connectivity index (χ0) is 13.3. The van der Waals surface area contributed by atoms with Crippen molar-refractivity contribution in [3.63, 3.8) is 0 Å². The van der Waals surface area contributed by atoms with Gasteiger partial charge in [0, 0.05) is 25.0 Å². The Kier molecular flexibility index (Phi) is 2.80. The third-order valence-electron chi connectivity index (χ3n) is 3.94. The van der Waals surface area contributed by atoms with Crippen molar-refractivity contribution in [2.75, 3.05) is 0 Å². The van der Waals surface area contributed by atoms with E-state index >= 15 is 0 Å². The second-order valence-corrected chi connectivity index (χ2v) is 5.03. The fraction of sp³-hybridized carbons (Fsp3) is 0.333. The van der Waals surface area contributed by atoms with E-state index in [4.69, 9.17) is 0 Å². The molecule has 1 aliphatic carbocycles. The Morgan fingerprint density at radius 2 is 2.05 bits per heavy atom. The molecule has 1 aliphatic rings. The van der Waals surface area contributed by atoms with Gasteiger partial charge in [-0.05, 0) is 24.8 Å². The minimum atomic E-state index is -0.318. The van der Waals surface area contributed by atoms with Crippen molar-refractivity contribution in [1.82, 2.24) is 9.55 Å². The van der Waals surface area contributed by atoms with Gasteiger partial charge in [0.1, 0.15) is 5.82 Å². The Hall–Kier alpha value is -2.19. The van der Waals surface area contributed by atoms with Crippen LogP contribution >= 0.6 is 0 Å². The molecule has 0 spiro atoms. The lowest BCUT2D eigenvalue weighted by Crippen LogP contribution is -2.31. The molecule has 1 saturated carbocycles. The summed E-state index contributed by atoms with van der Waals surface area (Å²) in [7, 11) is 1.97. The van der Waals surface area contributed by atoms with Crippen LogP contribution in [0.15, 0.2) is 41.7 Å². The van der Waals surface area contributed by atoms with Crippen LogP contribution in [0.1, 0.15) is 24.8 Å². The summed E-state index contributed by atoms with van der Waals surface area (Å²) in [5.74, 6) is 0.938. The van der Waals surface area contributed by atoms with E-state index in [9.17, 15) is 4.79 Å². The number of aliphatic imine (C=N–C) groups is 1. The van der Waals surface area contributed by atoms with Crippen molar-refractivity contribution >= 4 is 6.08 Å². The summed E-state index contributed by atoms with van der Waals surface area (Å²) in [6.07, 6.45) is 8.41. The third kappa shape index (κ3) is 1.90. The molecule has 2 aromatic rings. The van der Waals surface area contributed by atoms with Crippen LogP contribution in [0.4, 0.5) is 0 Å². The molecule has 1 heterocycles. The van der Waals surface area contributed by atoms with Crippen LogP contribution < -0.4 is 0 Å². The Morgan fingerprint density at radius 1 is 1.32 bits per heavy atom. The summed E-state index contributed by atoms with van der Waals surface area (Å²) in [6, 6.07) is 8.17. The second-order valence-electron chi connectivity index (χ2n) is 5.03. The summed E-state index contributed by atoms with van der Waals surface area (Å²) in [5, 5.41) is 0. The van der Waals surface area contributed by atoms with E-state index in [0.29, 0.717) is 0 Å². The molecule has 1 aromatic heterocycles. The molecule has 0 N–H and O–H groups in total. The van der Waals surface area contributed by atoms with Crippen LogP contribution in [0.25, 0.3) is 11.4 Å². The van der Waals surface area contributed by atoms with Crippen molar-refractivity contribution in [3.8, 4) is 11.4 Å². The van der Waals surface area contributed by atoms with Gasteiger partial charge in [0.05, 0.1) is 5.54 Å². The summed E-state index contributed by atoms with van der Waals surface area (Å²) < 4.78 is 1.98. The summed E-state index contributed by atoms with van der Waals surface area (Å²) >= 11 is 0. The molecule has 0 aliphatic heterocycles. The fourth-order valence-electron chi connectivity index (χ4n) is 2.64. The van der Waals surface area contributed by atoms with Crippen LogP contribution in [0, 0.1) is 0 Å². The molecular weight excluding hydrogens is 238 g/mol. The lowest BCUT2D eigenvalue weighted by Gasteiger charge is -2.37. The zero-order valence-electron chi connectivity index (χ0n) is 10.8. The molecule has 0 saturated heterocycles. The molecule has 0 atom stereocenters. The zero-order valence-corrected chi connectivity index (χ0v) is 10.8. The van der Waals surface area contributed by atoms with E-state index in [2.05, 4.69) is 9.98 Å². The Balaban J connectivity index is 1.95. The van der Waals surface area contributed by atoms with E-state index in [-0.39, 0.29) is 5.54 Å². The number of rotatable bonds is 3. The molecule has 4 nitrogen and oxygen atoms in total.